The fourth-order valence-corrected chi connectivity index (χ4v) is 4.59. The van der Waals surface area contributed by atoms with Crippen LogP contribution in [0.5, 0.6) is 0 Å². The van der Waals surface area contributed by atoms with Crippen LogP contribution in [0.2, 0.25) is 0 Å². The van der Waals surface area contributed by atoms with Crippen LogP contribution in [0.1, 0.15) is 40.3 Å². The van der Waals surface area contributed by atoms with Gasteiger partial charge in [0, 0.05) is 51.3 Å². The quantitative estimate of drug-likeness (QED) is 0.861. The molecule has 1 aromatic rings. The first-order valence-corrected chi connectivity index (χ1v) is 9.55. The molecule has 3 heterocycles. The number of rotatable bonds is 2. The van der Waals surface area contributed by atoms with Crippen LogP contribution >= 0.6 is 0 Å². The Morgan fingerprint density at radius 2 is 1.84 bits per heavy atom. The minimum absolute atomic E-state index is 0.0417. The summed E-state index contributed by atoms with van der Waals surface area (Å²) >= 11 is 0. The third kappa shape index (κ3) is 3.11. The Bertz CT molecular complexity index is 649. The molecule has 0 aromatic carbocycles. The SMILES string of the molecule is Cc1oc2c(c1C(=O)N1C[C@@H](O)[C@H](N3CCN(C)CC3)C1)CCCC2. The highest BCUT2D eigenvalue weighted by molar-refractivity contribution is 5.97. The normalized spacial score (nSPS) is 28.4. The minimum atomic E-state index is -0.463. The summed E-state index contributed by atoms with van der Waals surface area (Å²) in [6, 6.07) is 0.0562. The number of carbonyl (C=O) groups excluding carboxylic acids is 1. The van der Waals surface area contributed by atoms with Crippen molar-refractivity contribution < 1.29 is 14.3 Å². The van der Waals surface area contributed by atoms with Gasteiger partial charge in [-0.1, -0.05) is 0 Å². The van der Waals surface area contributed by atoms with Crippen molar-refractivity contribution in [2.75, 3.05) is 46.3 Å². The largest absolute Gasteiger partial charge is 0.465 e. The third-order valence-corrected chi connectivity index (χ3v) is 6.11. The maximum absolute atomic E-state index is 13.2. The van der Waals surface area contributed by atoms with E-state index in [0.717, 1.165) is 74.5 Å². The van der Waals surface area contributed by atoms with Crippen LogP contribution in [-0.2, 0) is 12.8 Å². The molecular weight excluding hydrogens is 318 g/mol. The van der Waals surface area contributed by atoms with Crippen molar-refractivity contribution >= 4 is 5.91 Å². The van der Waals surface area contributed by atoms with Crippen LogP contribution in [0.3, 0.4) is 0 Å². The molecule has 25 heavy (non-hydrogen) atoms. The second kappa shape index (κ2) is 6.74. The predicted molar refractivity (Wildman–Crippen MR) is 94.9 cm³/mol. The number of likely N-dealkylation sites (tertiary alicyclic amines) is 1. The van der Waals surface area contributed by atoms with Crippen molar-refractivity contribution in [3.8, 4) is 0 Å². The molecule has 2 aliphatic heterocycles. The molecule has 2 fully saturated rings. The fourth-order valence-electron chi connectivity index (χ4n) is 4.59. The van der Waals surface area contributed by atoms with Gasteiger partial charge in [-0.3, -0.25) is 9.69 Å². The molecule has 0 spiro atoms. The van der Waals surface area contributed by atoms with Crippen molar-refractivity contribution in [3.05, 3.63) is 22.6 Å². The number of aliphatic hydroxyl groups excluding tert-OH is 1. The molecule has 2 saturated heterocycles. The molecule has 0 saturated carbocycles. The number of fused-ring (bicyclic) bond motifs is 1. The summed E-state index contributed by atoms with van der Waals surface area (Å²) in [5.74, 6) is 1.79. The number of piperazine rings is 1. The van der Waals surface area contributed by atoms with E-state index >= 15 is 0 Å². The molecule has 138 valence electrons. The van der Waals surface area contributed by atoms with E-state index in [1.165, 1.54) is 0 Å². The lowest BCUT2D eigenvalue weighted by Crippen LogP contribution is -2.52. The van der Waals surface area contributed by atoms with Crippen molar-refractivity contribution in [1.29, 1.82) is 0 Å². The number of hydrogen-bond donors (Lipinski definition) is 1. The summed E-state index contributed by atoms with van der Waals surface area (Å²) in [4.78, 5) is 19.6. The third-order valence-electron chi connectivity index (χ3n) is 6.11. The molecule has 0 unspecified atom stereocenters. The zero-order chi connectivity index (χ0) is 17.6. The summed E-state index contributed by atoms with van der Waals surface area (Å²) in [6.45, 7) is 6.89. The van der Waals surface area contributed by atoms with E-state index in [1.807, 2.05) is 11.8 Å². The molecule has 3 aliphatic rings. The molecule has 0 bridgehead atoms. The van der Waals surface area contributed by atoms with Crippen LogP contribution < -0.4 is 0 Å². The number of β-amino-alcohol motifs (C(OH)–C–C–N with tert-alkyl or cyclic N) is 1. The van der Waals surface area contributed by atoms with Gasteiger partial charge in [0.2, 0.25) is 0 Å². The summed E-state index contributed by atoms with van der Waals surface area (Å²) in [7, 11) is 2.13. The van der Waals surface area contributed by atoms with E-state index in [0.29, 0.717) is 13.1 Å². The lowest BCUT2D eigenvalue weighted by molar-refractivity contribution is 0.0512. The van der Waals surface area contributed by atoms with Crippen molar-refractivity contribution in [3.63, 3.8) is 0 Å². The van der Waals surface area contributed by atoms with Gasteiger partial charge in [0.15, 0.2) is 0 Å². The van der Waals surface area contributed by atoms with Gasteiger partial charge in [-0.05, 0) is 33.2 Å². The highest BCUT2D eigenvalue weighted by Gasteiger charge is 2.40. The molecule has 1 aliphatic carbocycles. The second-order valence-electron chi connectivity index (χ2n) is 7.83. The molecule has 1 N–H and O–H groups in total. The number of nitrogens with zero attached hydrogens (tertiary/aromatic N) is 3. The number of furan rings is 1. The highest BCUT2D eigenvalue weighted by Crippen LogP contribution is 2.31. The van der Waals surface area contributed by atoms with Gasteiger partial charge in [-0.15, -0.1) is 0 Å². The minimum Gasteiger partial charge on any atom is -0.465 e. The zero-order valence-corrected chi connectivity index (χ0v) is 15.3. The summed E-state index contributed by atoms with van der Waals surface area (Å²) < 4.78 is 5.87. The lowest BCUT2D eigenvalue weighted by Gasteiger charge is -2.37. The van der Waals surface area contributed by atoms with Gasteiger partial charge in [0.1, 0.15) is 11.5 Å². The Morgan fingerprint density at radius 3 is 2.60 bits per heavy atom. The monoisotopic (exact) mass is 347 g/mol. The first-order valence-electron chi connectivity index (χ1n) is 9.55. The molecule has 2 atom stereocenters. The highest BCUT2D eigenvalue weighted by atomic mass is 16.3. The summed E-state index contributed by atoms with van der Waals surface area (Å²) in [5.41, 5.74) is 1.88. The van der Waals surface area contributed by atoms with E-state index in [1.54, 1.807) is 0 Å². The van der Waals surface area contributed by atoms with Gasteiger partial charge in [-0.2, -0.15) is 0 Å². The topological polar surface area (TPSA) is 60.2 Å². The van der Waals surface area contributed by atoms with E-state index in [2.05, 4.69) is 16.8 Å². The van der Waals surface area contributed by atoms with Crippen LogP contribution in [0.25, 0.3) is 0 Å². The van der Waals surface area contributed by atoms with Crippen LogP contribution in [0.15, 0.2) is 4.42 Å². The van der Waals surface area contributed by atoms with Crippen molar-refractivity contribution in [2.24, 2.45) is 0 Å². The van der Waals surface area contributed by atoms with E-state index in [-0.39, 0.29) is 11.9 Å². The molecule has 4 rings (SSSR count). The molecule has 6 heteroatoms. The Hall–Kier alpha value is -1.37. The van der Waals surface area contributed by atoms with Crippen molar-refractivity contribution in [2.45, 2.75) is 44.8 Å². The molecule has 1 amide bonds. The van der Waals surface area contributed by atoms with Crippen LogP contribution in [-0.4, -0.2) is 84.2 Å². The Balaban J connectivity index is 1.49. The standard InChI is InChI=1S/C19H29N3O3/c1-13-18(14-5-3-4-6-17(14)25-13)19(24)22-11-15(16(23)12-22)21-9-7-20(2)8-10-21/h15-16,23H,3-12H2,1-2H3/t15-,16-/m1/s1. The first-order chi connectivity index (χ1) is 12.0. The fraction of sp³-hybridized carbons (Fsp3) is 0.737. The Labute approximate surface area is 149 Å². The Kier molecular flexibility index (Phi) is 4.60. The predicted octanol–water partition coefficient (Wildman–Crippen LogP) is 0.900. The van der Waals surface area contributed by atoms with Gasteiger partial charge < -0.3 is 19.3 Å². The smallest absolute Gasteiger partial charge is 0.257 e. The van der Waals surface area contributed by atoms with Gasteiger partial charge >= 0.3 is 0 Å². The van der Waals surface area contributed by atoms with Crippen molar-refractivity contribution in [1.82, 2.24) is 14.7 Å². The van der Waals surface area contributed by atoms with Gasteiger partial charge in [0.05, 0.1) is 17.7 Å². The molecule has 1 aromatic heterocycles. The van der Waals surface area contributed by atoms with E-state index in [9.17, 15) is 9.90 Å². The number of amides is 1. The number of aliphatic hydroxyl groups is 1. The second-order valence-corrected chi connectivity index (χ2v) is 7.83. The van der Waals surface area contributed by atoms with Gasteiger partial charge in [-0.25, -0.2) is 0 Å². The lowest BCUT2D eigenvalue weighted by atomic mass is 9.94. The number of hydrogen-bond acceptors (Lipinski definition) is 5. The maximum Gasteiger partial charge on any atom is 0.257 e. The zero-order valence-electron chi connectivity index (χ0n) is 15.3. The number of aryl methyl sites for hydroxylation is 2. The molecular formula is C19H29N3O3. The summed E-state index contributed by atoms with van der Waals surface area (Å²) in [6.07, 6.45) is 3.68. The average molecular weight is 347 g/mol. The maximum atomic E-state index is 13.2. The van der Waals surface area contributed by atoms with Crippen LogP contribution in [0, 0.1) is 6.92 Å². The number of carbonyl (C=O) groups is 1. The molecule has 0 radical (unpaired) electrons. The first kappa shape index (κ1) is 17.1. The van der Waals surface area contributed by atoms with E-state index < -0.39 is 6.10 Å². The molecule has 6 nitrogen and oxygen atoms in total. The number of likely N-dealkylation sites (N-methyl/N-ethyl adjacent to an activating group) is 1. The summed E-state index contributed by atoms with van der Waals surface area (Å²) in [5, 5.41) is 10.6. The van der Waals surface area contributed by atoms with Gasteiger partial charge in [0.25, 0.3) is 5.91 Å². The Morgan fingerprint density at radius 1 is 1.12 bits per heavy atom. The van der Waals surface area contributed by atoms with E-state index in [4.69, 9.17) is 4.42 Å². The van der Waals surface area contributed by atoms with Crippen LogP contribution in [0.4, 0.5) is 0 Å². The average Bonchev–Trinajstić information content (AvgIpc) is 3.14.